The van der Waals surface area contributed by atoms with Crippen molar-refractivity contribution in [1.82, 2.24) is 10.6 Å². The van der Waals surface area contributed by atoms with Crippen LogP contribution in [0.1, 0.15) is 37.8 Å². The fourth-order valence-electron chi connectivity index (χ4n) is 1.77. The van der Waals surface area contributed by atoms with Crippen molar-refractivity contribution in [3.05, 3.63) is 35.4 Å². The number of nitrogens with one attached hydrogen (secondary N) is 2. The highest BCUT2D eigenvalue weighted by molar-refractivity contribution is 5.22. The second-order valence-corrected chi connectivity index (χ2v) is 4.45. The van der Waals surface area contributed by atoms with Crippen molar-refractivity contribution in [2.24, 2.45) is 0 Å². The smallest absolute Gasteiger partial charge is 0.0205 e. The summed E-state index contributed by atoms with van der Waals surface area (Å²) in [5, 5.41) is 6.88. The summed E-state index contributed by atoms with van der Waals surface area (Å²) >= 11 is 0. The van der Waals surface area contributed by atoms with Crippen molar-refractivity contribution in [1.29, 1.82) is 0 Å². The van der Waals surface area contributed by atoms with E-state index in [4.69, 9.17) is 0 Å². The van der Waals surface area contributed by atoms with Gasteiger partial charge in [0.15, 0.2) is 0 Å². The Labute approximate surface area is 106 Å². The SMILES string of the molecule is CCCNCCCNCc1ccc(CC)cc1. The van der Waals surface area contributed by atoms with Crippen LogP contribution < -0.4 is 10.6 Å². The molecule has 1 rings (SSSR count). The average Bonchev–Trinajstić information content (AvgIpc) is 2.38. The molecule has 0 heterocycles. The van der Waals surface area contributed by atoms with Gasteiger partial charge in [0.05, 0.1) is 0 Å². The predicted octanol–water partition coefficient (Wildman–Crippen LogP) is 2.73. The summed E-state index contributed by atoms with van der Waals surface area (Å²) in [5.41, 5.74) is 2.79. The summed E-state index contributed by atoms with van der Waals surface area (Å²) in [6.45, 7) is 8.72. The van der Waals surface area contributed by atoms with E-state index >= 15 is 0 Å². The van der Waals surface area contributed by atoms with Crippen LogP contribution in [0.2, 0.25) is 0 Å². The van der Waals surface area contributed by atoms with Crippen LogP contribution in [0.25, 0.3) is 0 Å². The minimum Gasteiger partial charge on any atom is -0.317 e. The quantitative estimate of drug-likeness (QED) is 0.642. The summed E-state index contributed by atoms with van der Waals surface area (Å²) < 4.78 is 0. The van der Waals surface area contributed by atoms with Crippen LogP contribution in [0.5, 0.6) is 0 Å². The molecule has 0 aromatic heterocycles. The van der Waals surface area contributed by atoms with Crippen molar-refractivity contribution in [3.8, 4) is 0 Å². The van der Waals surface area contributed by atoms with Crippen LogP contribution in [0.3, 0.4) is 0 Å². The number of hydrogen-bond donors (Lipinski definition) is 2. The summed E-state index contributed by atoms with van der Waals surface area (Å²) in [6, 6.07) is 8.89. The Kier molecular flexibility index (Phi) is 7.69. The van der Waals surface area contributed by atoms with Gasteiger partial charge in [0.2, 0.25) is 0 Å². The third kappa shape index (κ3) is 6.44. The van der Waals surface area contributed by atoms with E-state index in [2.05, 4.69) is 48.7 Å². The third-order valence-electron chi connectivity index (χ3n) is 2.89. The molecule has 0 amide bonds. The van der Waals surface area contributed by atoms with Gasteiger partial charge >= 0.3 is 0 Å². The molecule has 17 heavy (non-hydrogen) atoms. The Hall–Kier alpha value is -0.860. The molecule has 0 spiro atoms. The van der Waals surface area contributed by atoms with Crippen molar-refractivity contribution >= 4 is 0 Å². The summed E-state index contributed by atoms with van der Waals surface area (Å²) in [7, 11) is 0. The Bertz CT molecular complexity index is 279. The van der Waals surface area contributed by atoms with Gasteiger partial charge in [-0.3, -0.25) is 0 Å². The van der Waals surface area contributed by atoms with Crippen molar-refractivity contribution in [3.63, 3.8) is 0 Å². The summed E-state index contributed by atoms with van der Waals surface area (Å²) in [4.78, 5) is 0. The van der Waals surface area contributed by atoms with Crippen LogP contribution in [-0.4, -0.2) is 19.6 Å². The molecule has 0 saturated carbocycles. The fraction of sp³-hybridized carbons (Fsp3) is 0.600. The number of rotatable bonds is 9. The summed E-state index contributed by atoms with van der Waals surface area (Å²) in [6.07, 6.45) is 3.54. The van der Waals surface area contributed by atoms with Gasteiger partial charge in [0.1, 0.15) is 0 Å². The Morgan fingerprint density at radius 1 is 0.824 bits per heavy atom. The first kappa shape index (κ1) is 14.2. The van der Waals surface area contributed by atoms with Crippen molar-refractivity contribution in [2.45, 2.75) is 39.7 Å². The van der Waals surface area contributed by atoms with Crippen LogP contribution in [0, 0.1) is 0 Å². The van der Waals surface area contributed by atoms with E-state index in [1.807, 2.05) is 0 Å². The van der Waals surface area contributed by atoms with E-state index < -0.39 is 0 Å². The Balaban J connectivity index is 2.05. The zero-order valence-corrected chi connectivity index (χ0v) is 11.3. The maximum Gasteiger partial charge on any atom is 0.0205 e. The number of benzene rings is 1. The van der Waals surface area contributed by atoms with Crippen molar-refractivity contribution < 1.29 is 0 Å². The molecule has 1 aromatic carbocycles. The first-order valence-corrected chi connectivity index (χ1v) is 6.86. The van der Waals surface area contributed by atoms with Gasteiger partial charge in [-0.25, -0.2) is 0 Å². The molecular weight excluding hydrogens is 208 g/mol. The van der Waals surface area contributed by atoms with E-state index in [1.54, 1.807) is 0 Å². The Morgan fingerprint density at radius 2 is 1.47 bits per heavy atom. The lowest BCUT2D eigenvalue weighted by molar-refractivity contribution is 0.592. The molecule has 0 aliphatic rings. The topological polar surface area (TPSA) is 24.1 Å². The maximum atomic E-state index is 3.48. The standard InChI is InChI=1S/C15H26N2/c1-3-10-16-11-5-12-17-13-15-8-6-14(4-2)7-9-15/h6-9,16-17H,3-5,10-13H2,1-2H3. The molecule has 0 aliphatic carbocycles. The number of aryl methyl sites for hydroxylation is 1. The van der Waals surface area contributed by atoms with Crippen LogP contribution in [-0.2, 0) is 13.0 Å². The Morgan fingerprint density at radius 3 is 2.12 bits per heavy atom. The van der Waals surface area contributed by atoms with Crippen molar-refractivity contribution in [2.75, 3.05) is 19.6 Å². The largest absolute Gasteiger partial charge is 0.317 e. The van der Waals surface area contributed by atoms with Gasteiger partial charge in [-0.2, -0.15) is 0 Å². The molecule has 0 bridgehead atoms. The van der Waals surface area contributed by atoms with E-state index in [9.17, 15) is 0 Å². The zero-order valence-electron chi connectivity index (χ0n) is 11.3. The molecule has 2 nitrogen and oxygen atoms in total. The van der Waals surface area contributed by atoms with E-state index in [0.29, 0.717) is 0 Å². The van der Waals surface area contributed by atoms with Crippen LogP contribution in [0.4, 0.5) is 0 Å². The molecule has 0 unspecified atom stereocenters. The normalized spacial score (nSPS) is 10.7. The highest BCUT2D eigenvalue weighted by Gasteiger charge is 1.93. The second kappa shape index (κ2) is 9.20. The van der Waals surface area contributed by atoms with Gasteiger partial charge in [0.25, 0.3) is 0 Å². The third-order valence-corrected chi connectivity index (χ3v) is 2.89. The molecule has 96 valence electrons. The minimum absolute atomic E-state index is 0.984. The molecule has 2 heteroatoms. The molecular formula is C15H26N2. The second-order valence-electron chi connectivity index (χ2n) is 4.45. The monoisotopic (exact) mass is 234 g/mol. The maximum absolute atomic E-state index is 3.48. The first-order chi connectivity index (χ1) is 8.36. The van der Waals surface area contributed by atoms with Crippen LogP contribution >= 0.6 is 0 Å². The zero-order chi connectivity index (χ0) is 12.3. The fourth-order valence-corrected chi connectivity index (χ4v) is 1.77. The summed E-state index contributed by atoms with van der Waals surface area (Å²) in [5.74, 6) is 0. The highest BCUT2D eigenvalue weighted by atomic mass is 14.9. The van der Waals surface area contributed by atoms with E-state index in [1.165, 1.54) is 24.0 Å². The lowest BCUT2D eigenvalue weighted by Crippen LogP contribution is -2.22. The molecule has 0 atom stereocenters. The predicted molar refractivity (Wildman–Crippen MR) is 75.3 cm³/mol. The minimum atomic E-state index is 0.984. The molecule has 0 aliphatic heterocycles. The van der Waals surface area contributed by atoms with Gasteiger partial charge in [-0.1, -0.05) is 38.1 Å². The molecule has 0 fully saturated rings. The van der Waals surface area contributed by atoms with Crippen LogP contribution in [0.15, 0.2) is 24.3 Å². The van der Waals surface area contributed by atoms with Gasteiger partial charge in [-0.05, 0) is 50.0 Å². The van der Waals surface area contributed by atoms with Gasteiger partial charge < -0.3 is 10.6 Å². The lowest BCUT2D eigenvalue weighted by Gasteiger charge is -2.06. The molecule has 0 radical (unpaired) electrons. The molecule has 2 N–H and O–H groups in total. The van der Waals surface area contributed by atoms with Gasteiger partial charge in [0, 0.05) is 6.54 Å². The number of hydrogen-bond acceptors (Lipinski definition) is 2. The molecule has 0 saturated heterocycles. The van der Waals surface area contributed by atoms with E-state index in [-0.39, 0.29) is 0 Å². The average molecular weight is 234 g/mol. The lowest BCUT2D eigenvalue weighted by atomic mass is 10.1. The molecule has 1 aromatic rings. The van der Waals surface area contributed by atoms with E-state index in [0.717, 1.165) is 32.6 Å². The highest BCUT2D eigenvalue weighted by Crippen LogP contribution is 2.04. The van der Waals surface area contributed by atoms with Gasteiger partial charge in [-0.15, -0.1) is 0 Å². The first-order valence-electron chi connectivity index (χ1n) is 6.86.